The third-order valence-corrected chi connectivity index (χ3v) is 3.93. The lowest BCUT2D eigenvalue weighted by molar-refractivity contribution is -0.153. The minimum Gasteiger partial charge on any atom is -0.479 e. The van der Waals surface area contributed by atoms with Crippen molar-refractivity contribution in [1.82, 2.24) is 0 Å². The number of hydrogen-bond donors (Lipinski definition) is 3. The lowest BCUT2D eigenvalue weighted by Crippen LogP contribution is -2.43. The Labute approximate surface area is 130 Å². The number of carbonyl (C=O) groups excluding carboxylic acids is 1. The van der Waals surface area contributed by atoms with E-state index in [1.54, 1.807) is 32.5 Å². The first-order chi connectivity index (χ1) is 9.45. The van der Waals surface area contributed by atoms with Gasteiger partial charge in [-0.15, -0.1) is 0 Å². The van der Waals surface area contributed by atoms with Crippen molar-refractivity contribution in [3.05, 3.63) is 0 Å². The van der Waals surface area contributed by atoms with Crippen molar-refractivity contribution in [2.45, 2.75) is 63.7 Å². The van der Waals surface area contributed by atoms with Crippen LogP contribution in [-0.2, 0) is 14.3 Å². The molecule has 0 saturated heterocycles. The number of carboxylic acids is 1. The van der Waals surface area contributed by atoms with E-state index in [2.05, 4.69) is 0 Å². The molecule has 0 rings (SSSR count). The lowest BCUT2D eigenvalue weighted by Gasteiger charge is -2.25. The normalized spacial score (nSPS) is 16.4. The van der Waals surface area contributed by atoms with Crippen LogP contribution in [0.1, 0.15) is 41.0 Å². The van der Waals surface area contributed by atoms with Gasteiger partial charge in [-0.3, -0.25) is 4.79 Å². The van der Waals surface area contributed by atoms with Crippen molar-refractivity contribution in [3.63, 3.8) is 0 Å². The van der Waals surface area contributed by atoms with Crippen LogP contribution in [0.4, 0.5) is 0 Å². The molecule has 0 spiro atoms. The first-order valence-corrected chi connectivity index (χ1v) is 7.88. The van der Waals surface area contributed by atoms with E-state index in [1.807, 2.05) is 13.8 Å². The highest BCUT2D eigenvalue weighted by Crippen LogP contribution is 2.24. The van der Waals surface area contributed by atoms with E-state index in [4.69, 9.17) is 15.6 Å². The summed E-state index contributed by atoms with van der Waals surface area (Å²) in [6.45, 7) is 9.42. The summed E-state index contributed by atoms with van der Waals surface area (Å²) in [5.74, 6) is -1.66. The third kappa shape index (κ3) is 8.28. The van der Waals surface area contributed by atoms with E-state index in [-0.39, 0.29) is 29.5 Å². The molecule has 0 aromatic rings. The average Bonchev–Trinajstić information content (AvgIpc) is 2.32. The zero-order valence-electron chi connectivity index (χ0n) is 13.3. The molecule has 0 aliphatic carbocycles. The highest BCUT2D eigenvalue weighted by Gasteiger charge is 2.28. The lowest BCUT2D eigenvalue weighted by atomic mass is 9.97. The number of nitrogens with two attached hydrogens (primary N) is 1. The van der Waals surface area contributed by atoms with Crippen LogP contribution in [0.3, 0.4) is 0 Å². The first-order valence-electron chi connectivity index (χ1n) is 6.94. The van der Waals surface area contributed by atoms with Crippen LogP contribution in [-0.4, -0.2) is 51.4 Å². The van der Waals surface area contributed by atoms with Crippen molar-refractivity contribution in [2.24, 2.45) is 11.1 Å². The molecule has 0 heterocycles. The number of esters is 1. The molecule has 0 aliphatic heterocycles. The minimum absolute atomic E-state index is 0.152. The molecule has 0 saturated carbocycles. The number of aliphatic hydroxyl groups is 1. The number of hydrogen-bond acceptors (Lipinski definition) is 6. The maximum absolute atomic E-state index is 11.8. The van der Waals surface area contributed by atoms with E-state index in [0.717, 1.165) is 0 Å². The molecule has 21 heavy (non-hydrogen) atoms. The summed E-state index contributed by atoms with van der Waals surface area (Å²) in [5, 5.41) is 18.3. The Morgan fingerprint density at radius 3 is 2.19 bits per heavy atom. The van der Waals surface area contributed by atoms with Crippen LogP contribution >= 0.6 is 11.8 Å². The number of thioether (sulfide) groups is 1. The van der Waals surface area contributed by atoms with Gasteiger partial charge < -0.3 is 20.7 Å². The van der Waals surface area contributed by atoms with Gasteiger partial charge in [0, 0.05) is 11.3 Å². The van der Waals surface area contributed by atoms with Gasteiger partial charge in [-0.25, -0.2) is 4.79 Å². The average molecular weight is 321 g/mol. The summed E-state index contributed by atoms with van der Waals surface area (Å²) in [6.07, 6.45) is -1.35. The number of aliphatic carboxylic acids is 1. The van der Waals surface area contributed by atoms with E-state index >= 15 is 0 Å². The van der Waals surface area contributed by atoms with E-state index < -0.39 is 23.5 Å². The summed E-state index contributed by atoms with van der Waals surface area (Å²) < 4.78 is 5.27. The number of ether oxygens (including phenoxy) is 1. The second-order valence-corrected chi connectivity index (χ2v) is 8.22. The van der Waals surface area contributed by atoms with Crippen LogP contribution in [0.25, 0.3) is 0 Å². The topological polar surface area (TPSA) is 110 Å². The fourth-order valence-electron chi connectivity index (χ4n) is 1.55. The van der Waals surface area contributed by atoms with Gasteiger partial charge in [0.05, 0.1) is 5.41 Å². The van der Waals surface area contributed by atoms with Gasteiger partial charge >= 0.3 is 11.9 Å². The van der Waals surface area contributed by atoms with Gasteiger partial charge in [-0.1, -0.05) is 13.8 Å². The Hall–Kier alpha value is -0.790. The second-order valence-electron chi connectivity index (χ2n) is 6.34. The van der Waals surface area contributed by atoms with Crippen LogP contribution in [0.15, 0.2) is 0 Å². The van der Waals surface area contributed by atoms with Crippen molar-refractivity contribution in [1.29, 1.82) is 0 Å². The van der Waals surface area contributed by atoms with Crippen molar-refractivity contribution in [3.8, 4) is 0 Å². The maximum atomic E-state index is 11.8. The molecule has 0 bridgehead atoms. The molecule has 7 heteroatoms. The number of carboxylic acid groups (broad SMARTS) is 1. The van der Waals surface area contributed by atoms with Crippen LogP contribution < -0.4 is 5.73 Å². The van der Waals surface area contributed by atoms with Gasteiger partial charge in [0.15, 0.2) is 6.10 Å². The summed E-state index contributed by atoms with van der Waals surface area (Å²) in [6, 6.07) is -0.896. The molecule has 0 aromatic heterocycles. The minimum atomic E-state index is -1.61. The van der Waals surface area contributed by atoms with Gasteiger partial charge in [-0.05, 0) is 32.4 Å². The molecule has 1 unspecified atom stereocenters. The predicted octanol–water partition coefficient (Wildman–Crippen LogP) is 1.25. The van der Waals surface area contributed by atoms with Crippen LogP contribution in [0.2, 0.25) is 0 Å². The Balaban J connectivity index is 4.59. The smallest absolute Gasteiger partial charge is 0.334 e. The highest BCUT2D eigenvalue weighted by molar-refractivity contribution is 8.00. The third-order valence-electron chi connectivity index (χ3n) is 2.67. The van der Waals surface area contributed by atoms with Crippen LogP contribution in [0, 0.1) is 5.41 Å². The van der Waals surface area contributed by atoms with E-state index in [0.29, 0.717) is 0 Å². The maximum Gasteiger partial charge on any atom is 0.334 e. The molecule has 0 fully saturated rings. The number of rotatable bonds is 8. The van der Waals surface area contributed by atoms with Gasteiger partial charge in [-0.2, -0.15) is 11.8 Å². The summed E-state index contributed by atoms with van der Waals surface area (Å²) in [5.41, 5.74) is 5.11. The van der Waals surface area contributed by atoms with E-state index in [9.17, 15) is 14.7 Å². The monoisotopic (exact) mass is 321 g/mol. The fraction of sp³-hybridized carbons (Fsp3) is 0.857. The summed E-state index contributed by atoms with van der Waals surface area (Å²) in [4.78, 5) is 22.5. The Morgan fingerprint density at radius 2 is 1.81 bits per heavy atom. The second kappa shape index (κ2) is 8.60. The van der Waals surface area contributed by atoms with Crippen molar-refractivity contribution < 1.29 is 24.5 Å². The largest absolute Gasteiger partial charge is 0.479 e. The van der Waals surface area contributed by atoms with Crippen molar-refractivity contribution in [2.75, 3.05) is 6.61 Å². The van der Waals surface area contributed by atoms with Gasteiger partial charge in [0.1, 0.15) is 6.61 Å². The van der Waals surface area contributed by atoms with Crippen LogP contribution in [0.5, 0.6) is 0 Å². The number of carbonyl (C=O) groups is 2. The molecule has 0 amide bonds. The molecule has 0 aromatic carbocycles. The Bertz CT molecular complexity index is 354. The molecule has 0 radical (unpaired) electrons. The molecular weight excluding hydrogens is 294 g/mol. The molecule has 4 N–H and O–H groups in total. The summed E-state index contributed by atoms with van der Waals surface area (Å²) >= 11 is 1.55. The zero-order chi connectivity index (χ0) is 16.8. The van der Waals surface area contributed by atoms with Gasteiger partial charge in [0.25, 0.3) is 0 Å². The Morgan fingerprint density at radius 1 is 1.29 bits per heavy atom. The SMILES string of the molecule is CC(C)SC(COC(=O)C(C)(C)C)C[C@@H](N)[C@H](O)C(=O)O. The standard InChI is InChI=1S/C14H27NO5S/c1-8(2)21-9(6-10(15)11(16)12(17)18)7-20-13(19)14(3,4)5/h8-11,16H,6-7,15H2,1-5H3,(H,17,18)/t9?,10-,11+/m1/s1. The summed E-state index contributed by atoms with van der Waals surface area (Å²) in [7, 11) is 0. The number of aliphatic hydroxyl groups excluding tert-OH is 1. The fourth-order valence-corrected chi connectivity index (χ4v) is 2.80. The molecule has 6 nitrogen and oxygen atoms in total. The molecule has 3 atom stereocenters. The Kier molecular flexibility index (Phi) is 8.28. The van der Waals surface area contributed by atoms with E-state index in [1.165, 1.54) is 0 Å². The molecular formula is C14H27NO5S. The predicted molar refractivity (Wildman–Crippen MR) is 83.2 cm³/mol. The highest BCUT2D eigenvalue weighted by atomic mass is 32.2. The van der Waals surface area contributed by atoms with Crippen molar-refractivity contribution >= 4 is 23.7 Å². The quantitative estimate of drug-likeness (QED) is 0.577. The zero-order valence-corrected chi connectivity index (χ0v) is 14.1. The molecule has 0 aliphatic rings. The molecule has 124 valence electrons. The first kappa shape index (κ1) is 20.2. The van der Waals surface area contributed by atoms with Gasteiger partial charge in [0.2, 0.25) is 0 Å².